The van der Waals surface area contributed by atoms with Gasteiger partial charge in [0.05, 0.1) is 10.2 Å². The molecule has 0 aliphatic rings. The number of hydrogen-bond acceptors (Lipinski definition) is 5. The number of amides is 1. The molecule has 0 fully saturated rings. The van der Waals surface area contributed by atoms with E-state index in [9.17, 15) is 9.59 Å². The van der Waals surface area contributed by atoms with Crippen LogP contribution in [-0.4, -0.2) is 23.7 Å². The summed E-state index contributed by atoms with van der Waals surface area (Å²) in [6.07, 6.45) is 1.32. The van der Waals surface area contributed by atoms with Crippen molar-refractivity contribution in [1.82, 2.24) is 4.98 Å². The molecule has 0 aliphatic carbocycles. The molecule has 6 heteroatoms. The average molecular weight is 367 g/mol. The number of aldehydes is 1. The normalized spacial score (nSPS) is 10.7. The molecule has 0 radical (unpaired) electrons. The first-order valence-electron chi connectivity index (χ1n) is 8.45. The highest BCUT2D eigenvalue weighted by Crippen LogP contribution is 2.28. The number of thiazole rings is 1. The van der Waals surface area contributed by atoms with Gasteiger partial charge in [0, 0.05) is 24.2 Å². The summed E-state index contributed by atoms with van der Waals surface area (Å²) in [5.41, 5.74) is 5.58. The Morgan fingerprint density at radius 1 is 1.15 bits per heavy atom. The standard InChI is InChI=1S/C20H21N3O2S/c1-12-9-13(2)18(14(3)10-12)23-19(25)15-5-6-16-17(11-15)26-20(22-16)21-7-4-8-24/h5-6,8-11H,4,7H2,1-3H3,(H,21,22)(H,23,25). The number of nitrogens with one attached hydrogen (secondary N) is 2. The Morgan fingerprint density at radius 2 is 1.88 bits per heavy atom. The fourth-order valence-corrected chi connectivity index (χ4v) is 3.87. The smallest absolute Gasteiger partial charge is 0.255 e. The highest BCUT2D eigenvalue weighted by Gasteiger charge is 2.12. The molecule has 0 bridgehead atoms. The van der Waals surface area contributed by atoms with Gasteiger partial charge in [0.1, 0.15) is 6.29 Å². The third kappa shape index (κ3) is 3.91. The van der Waals surface area contributed by atoms with Crippen LogP contribution in [-0.2, 0) is 4.79 Å². The molecule has 1 amide bonds. The van der Waals surface area contributed by atoms with Crippen molar-refractivity contribution in [2.24, 2.45) is 0 Å². The maximum absolute atomic E-state index is 12.7. The van der Waals surface area contributed by atoms with E-state index in [-0.39, 0.29) is 5.91 Å². The van der Waals surface area contributed by atoms with Gasteiger partial charge in [0.15, 0.2) is 5.13 Å². The van der Waals surface area contributed by atoms with Crippen molar-refractivity contribution in [1.29, 1.82) is 0 Å². The lowest BCUT2D eigenvalue weighted by atomic mass is 10.0. The molecule has 134 valence electrons. The van der Waals surface area contributed by atoms with Crippen LogP contribution in [0.5, 0.6) is 0 Å². The summed E-state index contributed by atoms with van der Waals surface area (Å²) < 4.78 is 0.934. The predicted octanol–water partition coefficient (Wildman–Crippen LogP) is 4.47. The fraction of sp³-hybridized carbons (Fsp3) is 0.250. The fourth-order valence-electron chi connectivity index (χ4n) is 2.94. The summed E-state index contributed by atoms with van der Waals surface area (Å²) in [6, 6.07) is 9.61. The third-order valence-corrected chi connectivity index (χ3v) is 5.08. The molecule has 1 aromatic heterocycles. The van der Waals surface area contributed by atoms with Gasteiger partial charge >= 0.3 is 0 Å². The van der Waals surface area contributed by atoms with E-state index in [1.54, 1.807) is 6.07 Å². The van der Waals surface area contributed by atoms with Crippen molar-refractivity contribution >= 4 is 44.6 Å². The highest BCUT2D eigenvalue weighted by atomic mass is 32.1. The van der Waals surface area contributed by atoms with Gasteiger partial charge in [0.25, 0.3) is 5.91 Å². The molecule has 2 aromatic carbocycles. The van der Waals surface area contributed by atoms with Crippen LogP contribution < -0.4 is 10.6 Å². The number of anilines is 2. The second-order valence-electron chi connectivity index (χ2n) is 6.31. The molecular weight excluding hydrogens is 346 g/mol. The van der Waals surface area contributed by atoms with Gasteiger partial charge in [-0.1, -0.05) is 29.0 Å². The first-order valence-corrected chi connectivity index (χ1v) is 9.27. The molecule has 5 nitrogen and oxygen atoms in total. The zero-order valence-corrected chi connectivity index (χ0v) is 15.9. The topological polar surface area (TPSA) is 71.1 Å². The van der Waals surface area contributed by atoms with Crippen molar-refractivity contribution in [2.45, 2.75) is 27.2 Å². The van der Waals surface area contributed by atoms with Crippen LogP contribution in [0, 0.1) is 20.8 Å². The van der Waals surface area contributed by atoms with E-state index in [4.69, 9.17) is 0 Å². The quantitative estimate of drug-likeness (QED) is 0.498. The number of nitrogens with zero attached hydrogens (tertiary/aromatic N) is 1. The monoisotopic (exact) mass is 367 g/mol. The van der Waals surface area contributed by atoms with Crippen molar-refractivity contribution in [3.63, 3.8) is 0 Å². The molecule has 3 rings (SSSR count). The highest BCUT2D eigenvalue weighted by molar-refractivity contribution is 7.22. The van der Waals surface area contributed by atoms with Crippen molar-refractivity contribution in [3.05, 3.63) is 52.6 Å². The minimum Gasteiger partial charge on any atom is -0.361 e. The number of rotatable bonds is 6. The van der Waals surface area contributed by atoms with Crippen LogP contribution in [0.2, 0.25) is 0 Å². The Balaban J connectivity index is 1.81. The Kier molecular flexibility index (Phi) is 5.32. The third-order valence-electron chi connectivity index (χ3n) is 4.10. The van der Waals surface area contributed by atoms with Gasteiger partial charge in [-0.25, -0.2) is 4.98 Å². The lowest BCUT2D eigenvalue weighted by Crippen LogP contribution is -2.13. The molecule has 1 heterocycles. The Hall–Kier alpha value is -2.73. The maximum atomic E-state index is 12.7. The number of fused-ring (bicyclic) bond motifs is 1. The summed E-state index contributed by atoms with van der Waals surface area (Å²) in [7, 11) is 0. The number of aryl methyl sites for hydroxylation is 3. The second-order valence-corrected chi connectivity index (χ2v) is 7.34. The largest absolute Gasteiger partial charge is 0.361 e. The predicted molar refractivity (Wildman–Crippen MR) is 107 cm³/mol. The molecule has 0 atom stereocenters. The van der Waals surface area contributed by atoms with Crippen LogP contribution in [0.3, 0.4) is 0 Å². The lowest BCUT2D eigenvalue weighted by Gasteiger charge is -2.12. The maximum Gasteiger partial charge on any atom is 0.255 e. The molecule has 0 spiro atoms. The van der Waals surface area contributed by atoms with Gasteiger partial charge in [-0.3, -0.25) is 4.79 Å². The number of carbonyl (C=O) groups is 2. The van der Waals surface area contributed by atoms with Gasteiger partial charge in [-0.2, -0.15) is 0 Å². The molecule has 0 unspecified atom stereocenters. The molecule has 0 aliphatic heterocycles. The summed E-state index contributed by atoms with van der Waals surface area (Å²) in [5.74, 6) is -0.134. The number of benzene rings is 2. The van der Waals surface area contributed by atoms with Gasteiger partial charge in [0.2, 0.25) is 0 Å². The first-order chi connectivity index (χ1) is 12.5. The molecular formula is C20H21N3O2S. The van der Waals surface area contributed by atoms with Crippen molar-refractivity contribution < 1.29 is 9.59 Å². The van der Waals surface area contributed by atoms with Crippen molar-refractivity contribution in [3.8, 4) is 0 Å². The van der Waals surface area contributed by atoms with Crippen LogP contribution in [0.15, 0.2) is 30.3 Å². The minimum atomic E-state index is -0.134. The van der Waals surface area contributed by atoms with E-state index in [1.807, 2.05) is 32.9 Å². The molecule has 2 N–H and O–H groups in total. The summed E-state index contributed by atoms with van der Waals surface area (Å²) in [4.78, 5) is 27.6. The molecule has 26 heavy (non-hydrogen) atoms. The van der Waals surface area contributed by atoms with Crippen LogP contribution in [0.4, 0.5) is 10.8 Å². The Labute approximate surface area is 156 Å². The van der Waals surface area contributed by atoms with E-state index in [1.165, 1.54) is 16.9 Å². The summed E-state index contributed by atoms with van der Waals surface area (Å²) >= 11 is 1.48. The zero-order valence-electron chi connectivity index (χ0n) is 15.1. The van der Waals surface area contributed by atoms with Gasteiger partial charge in [-0.15, -0.1) is 0 Å². The van der Waals surface area contributed by atoms with E-state index in [0.717, 1.165) is 38.4 Å². The minimum absolute atomic E-state index is 0.134. The van der Waals surface area contributed by atoms with Gasteiger partial charge in [-0.05, 0) is 50.1 Å². The molecule has 0 saturated carbocycles. The number of carbonyl (C=O) groups excluding carboxylic acids is 2. The van der Waals surface area contributed by atoms with E-state index in [2.05, 4.69) is 27.8 Å². The molecule has 0 saturated heterocycles. The van der Waals surface area contributed by atoms with E-state index >= 15 is 0 Å². The second kappa shape index (κ2) is 7.66. The van der Waals surface area contributed by atoms with E-state index < -0.39 is 0 Å². The van der Waals surface area contributed by atoms with Crippen LogP contribution >= 0.6 is 11.3 Å². The SMILES string of the molecule is Cc1cc(C)c(NC(=O)c2ccc3nc(NCCC=O)sc3c2)c(C)c1. The zero-order chi connectivity index (χ0) is 18.7. The summed E-state index contributed by atoms with van der Waals surface area (Å²) in [5, 5.41) is 6.90. The van der Waals surface area contributed by atoms with Crippen molar-refractivity contribution in [2.75, 3.05) is 17.2 Å². The summed E-state index contributed by atoms with van der Waals surface area (Å²) in [6.45, 7) is 6.60. The first kappa shape index (κ1) is 18.1. The van der Waals surface area contributed by atoms with E-state index in [0.29, 0.717) is 18.5 Å². The molecule has 3 aromatic rings. The van der Waals surface area contributed by atoms with Gasteiger partial charge < -0.3 is 15.4 Å². The van der Waals surface area contributed by atoms with Crippen LogP contribution in [0.25, 0.3) is 10.2 Å². The Morgan fingerprint density at radius 3 is 2.58 bits per heavy atom. The Bertz CT molecular complexity index is 955. The average Bonchev–Trinajstić information content (AvgIpc) is 3.00. The number of aromatic nitrogens is 1. The van der Waals surface area contributed by atoms with Crippen LogP contribution in [0.1, 0.15) is 33.5 Å². The number of hydrogen-bond donors (Lipinski definition) is 2. The lowest BCUT2D eigenvalue weighted by molar-refractivity contribution is -0.107.